The molecule has 0 unspecified atom stereocenters. The van der Waals surface area contributed by atoms with Gasteiger partial charge in [0.1, 0.15) is 5.72 Å². The van der Waals surface area contributed by atoms with Crippen molar-refractivity contribution in [3.05, 3.63) is 71.8 Å². The van der Waals surface area contributed by atoms with Crippen LogP contribution >= 0.6 is 0 Å². The summed E-state index contributed by atoms with van der Waals surface area (Å²) >= 11 is 0. The Morgan fingerprint density at radius 1 is 1.12 bits per heavy atom. The van der Waals surface area contributed by atoms with Crippen molar-refractivity contribution in [2.75, 3.05) is 13.2 Å². The topological polar surface area (TPSA) is 38.8 Å². The summed E-state index contributed by atoms with van der Waals surface area (Å²) in [5.41, 5.74) is 1.71. The van der Waals surface area contributed by atoms with Crippen molar-refractivity contribution >= 4 is 5.91 Å². The number of nitrogens with zero attached hydrogens (tertiary/aromatic N) is 1. The fraction of sp³-hybridized carbons (Fsp3) is 0.409. The minimum atomic E-state index is -0.591. The first kappa shape index (κ1) is 17.3. The van der Waals surface area contributed by atoms with Crippen LogP contribution in [0.4, 0.5) is 0 Å². The molecule has 1 amide bonds. The van der Waals surface area contributed by atoms with Gasteiger partial charge in [-0.1, -0.05) is 60.7 Å². The molecule has 3 atom stereocenters. The summed E-state index contributed by atoms with van der Waals surface area (Å²) in [5, 5.41) is 0. The molecule has 0 aromatic heterocycles. The van der Waals surface area contributed by atoms with Crippen LogP contribution in [0, 0.1) is 5.92 Å². The van der Waals surface area contributed by atoms with E-state index in [1.165, 1.54) is 0 Å². The quantitative estimate of drug-likeness (QED) is 0.819. The van der Waals surface area contributed by atoms with E-state index in [1.807, 2.05) is 48.2 Å². The van der Waals surface area contributed by atoms with Crippen molar-refractivity contribution in [1.82, 2.24) is 4.90 Å². The van der Waals surface area contributed by atoms with Gasteiger partial charge in [0.2, 0.25) is 5.91 Å². The van der Waals surface area contributed by atoms with E-state index in [4.69, 9.17) is 9.47 Å². The van der Waals surface area contributed by atoms with Crippen LogP contribution in [0.2, 0.25) is 0 Å². The van der Waals surface area contributed by atoms with Gasteiger partial charge in [-0.3, -0.25) is 4.79 Å². The summed E-state index contributed by atoms with van der Waals surface area (Å²) in [6, 6.07) is 20.3. The molecule has 2 aliphatic heterocycles. The molecule has 0 bridgehead atoms. The molecule has 0 aliphatic carbocycles. The van der Waals surface area contributed by atoms with E-state index in [1.54, 1.807) is 0 Å². The van der Waals surface area contributed by atoms with E-state index in [2.05, 4.69) is 24.3 Å². The SMILES string of the molecule is C[C@@]12OC[C@@H](c3ccccc3)N1C(=O)CC[C@H]2COCc1ccccc1. The molecule has 2 fully saturated rings. The lowest BCUT2D eigenvalue weighted by Crippen LogP contribution is -2.56. The molecule has 0 N–H and O–H groups in total. The maximum Gasteiger partial charge on any atom is 0.225 e. The molecule has 136 valence electrons. The van der Waals surface area contributed by atoms with Crippen molar-refractivity contribution in [2.45, 2.75) is 38.1 Å². The van der Waals surface area contributed by atoms with Crippen LogP contribution in [-0.4, -0.2) is 29.7 Å². The van der Waals surface area contributed by atoms with Gasteiger partial charge in [0, 0.05) is 12.3 Å². The fourth-order valence-electron chi connectivity index (χ4n) is 4.17. The number of ether oxygens (including phenoxy) is 2. The van der Waals surface area contributed by atoms with Crippen LogP contribution in [0.15, 0.2) is 60.7 Å². The van der Waals surface area contributed by atoms with Crippen LogP contribution in [0.5, 0.6) is 0 Å². The number of hydrogen-bond donors (Lipinski definition) is 0. The van der Waals surface area contributed by atoms with Crippen molar-refractivity contribution in [2.24, 2.45) is 5.92 Å². The number of piperidine rings is 1. The van der Waals surface area contributed by atoms with E-state index in [0.29, 0.717) is 26.2 Å². The summed E-state index contributed by atoms with van der Waals surface area (Å²) in [4.78, 5) is 14.7. The maximum absolute atomic E-state index is 12.7. The Labute approximate surface area is 154 Å². The first-order valence-corrected chi connectivity index (χ1v) is 9.31. The monoisotopic (exact) mass is 351 g/mol. The molecule has 2 saturated heterocycles. The average Bonchev–Trinajstić information content (AvgIpc) is 3.05. The summed E-state index contributed by atoms with van der Waals surface area (Å²) in [6.45, 7) is 3.77. The third kappa shape index (κ3) is 3.15. The standard InChI is InChI=1S/C22H25NO3/c1-22-19(15-25-14-17-8-4-2-5-9-17)12-13-21(24)23(22)20(16-26-22)18-10-6-3-7-11-18/h2-11,19-20H,12-16H2,1H3/t19-,20-,22-/m0/s1. The van der Waals surface area contributed by atoms with E-state index in [-0.39, 0.29) is 17.9 Å². The second-order valence-electron chi connectivity index (χ2n) is 7.29. The second-order valence-corrected chi connectivity index (χ2v) is 7.29. The first-order chi connectivity index (χ1) is 12.7. The molecule has 0 saturated carbocycles. The van der Waals surface area contributed by atoms with Gasteiger partial charge in [0.05, 0.1) is 25.9 Å². The van der Waals surface area contributed by atoms with Crippen molar-refractivity contribution in [3.63, 3.8) is 0 Å². The Kier molecular flexibility index (Phi) is 4.79. The number of benzene rings is 2. The number of fused-ring (bicyclic) bond motifs is 1. The van der Waals surface area contributed by atoms with Crippen LogP contribution < -0.4 is 0 Å². The predicted molar refractivity (Wildman–Crippen MR) is 99.2 cm³/mol. The van der Waals surface area contributed by atoms with Gasteiger partial charge in [-0.25, -0.2) is 0 Å². The molecule has 2 aromatic rings. The lowest BCUT2D eigenvalue weighted by molar-refractivity contribution is -0.177. The van der Waals surface area contributed by atoms with Gasteiger partial charge in [0.25, 0.3) is 0 Å². The lowest BCUT2D eigenvalue weighted by Gasteiger charge is -2.45. The zero-order valence-electron chi connectivity index (χ0n) is 15.1. The maximum atomic E-state index is 12.7. The molecule has 4 heteroatoms. The Morgan fingerprint density at radius 2 is 1.81 bits per heavy atom. The summed E-state index contributed by atoms with van der Waals surface area (Å²) in [6.07, 6.45) is 1.36. The number of carbonyl (C=O) groups is 1. The lowest BCUT2D eigenvalue weighted by atomic mass is 9.86. The smallest absolute Gasteiger partial charge is 0.225 e. The molecule has 4 rings (SSSR count). The van der Waals surface area contributed by atoms with E-state index in [9.17, 15) is 4.79 Å². The van der Waals surface area contributed by atoms with Gasteiger partial charge < -0.3 is 14.4 Å². The van der Waals surface area contributed by atoms with Crippen LogP contribution in [0.3, 0.4) is 0 Å². The van der Waals surface area contributed by atoms with Crippen LogP contribution in [0.25, 0.3) is 0 Å². The Morgan fingerprint density at radius 3 is 2.54 bits per heavy atom. The van der Waals surface area contributed by atoms with Gasteiger partial charge in [-0.15, -0.1) is 0 Å². The molecular formula is C22H25NO3. The number of amides is 1. The Balaban J connectivity index is 1.47. The highest BCUT2D eigenvalue weighted by Crippen LogP contribution is 2.46. The van der Waals surface area contributed by atoms with E-state index < -0.39 is 5.72 Å². The third-order valence-corrected chi connectivity index (χ3v) is 5.67. The van der Waals surface area contributed by atoms with Gasteiger partial charge in [-0.2, -0.15) is 0 Å². The number of carbonyl (C=O) groups excluding carboxylic acids is 1. The Hall–Kier alpha value is -2.17. The minimum absolute atomic E-state index is 0.00868. The summed E-state index contributed by atoms with van der Waals surface area (Å²) in [7, 11) is 0. The number of hydrogen-bond acceptors (Lipinski definition) is 3. The Bertz CT molecular complexity index is 748. The molecule has 0 spiro atoms. The van der Waals surface area contributed by atoms with Crippen molar-refractivity contribution in [3.8, 4) is 0 Å². The molecule has 0 radical (unpaired) electrons. The third-order valence-electron chi connectivity index (χ3n) is 5.67. The molecule has 2 aromatic carbocycles. The zero-order valence-corrected chi connectivity index (χ0v) is 15.1. The van der Waals surface area contributed by atoms with Crippen molar-refractivity contribution < 1.29 is 14.3 Å². The van der Waals surface area contributed by atoms with Crippen LogP contribution in [0.1, 0.15) is 36.9 Å². The highest BCUT2D eigenvalue weighted by atomic mass is 16.5. The van der Waals surface area contributed by atoms with Gasteiger partial charge in [0.15, 0.2) is 0 Å². The normalized spacial score (nSPS) is 28.2. The molecule has 26 heavy (non-hydrogen) atoms. The molecule has 2 heterocycles. The molecule has 2 aliphatic rings. The first-order valence-electron chi connectivity index (χ1n) is 9.31. The molecular weight excluding hydrogens is 326 g/mol. The number of rotatable bonds is 5. The van der Waals surface area contributed by atoms with Crippen LogP contribution in [-0.2, 0) is 20.9 Å². The highest BCUT2D eigenvalue weighted by Gasteiger charge is 2.54. The fourth-order valence-corrected chi connectivity index (χ4v) is 4.17. The summed E-state index contributed by atoms with van der Waals surface area (Å²) in [5.74, 6) is 0.357. The minimum Gasteiger partial charge on any atom is -0.376 e. The highest BCUT2D eigenvalue weighted by molar-refractivity contribution is 5.78. The summed E-state index contributed by atoms with van der Waals surface area (Å²) < 4.78 is 12.2. The second kappa shape index (κ2) is 7.22. The largest absolute Gasteiger partial charge is 0.376 e. The van der Waals surface area contributed by atoms with Crippen molar-refractivity contribution in [1.29, 1.82) is 0 Å². The zero-order chi connectivity index (χ0) is 18.0. The van der Waals surface area contributed by atoms with E-state index in [0.717, 1.165) is 17.5 Å². The van der Waals surface area contributed by atoms with E-state index >= 15 is 0 Å². The van der Waals surface area contributed by atoms with Gasteiger partial charge in [-0.05, 0) is 24.5 Å². The molecule has 4 nitrogen and oxygen atoms in total. The van der Waals surface area contributed by atoms with Gasteiger partial charge >= 0.3 is 0 Å². The average molecular weight is 351 g/mol. The predicted octanol–water partition coefficient (Wildman–Crippen LogP) is 3.93.